The lowest BCUT2D eigenvalue weighted by atomic mass is 9.83. The van der Waals surface area contributed by atoms with Crippen molar-refractivity contribution in [2.45, 2.75) is 43.9 Å². The number of piperidine rings is 1. The predicted octanol–water partition coefficient (Wildman–Crippen LogP) is 3.66. The Kier molecular flexibility index (Phi) is 6.43. The summed E-state index contributed by atoms with van der Waals surface area (Å²) in [5.41, 5.74) is 9.88. The standard InChI is InChI=1S/C26H29ClN6O2S/c27-26-31-23(28)20-18(25-30-16(13-36-25)9-14-5-2-1-3-6-14)12-33(24(20)32-26)19-10-17(21(34)22(19)35)15-7-4-8-29-11-15/h1-3,5-6,12-13,15,17,19,21-22,29,34-35H,4,7-11H2,(H2,28,31,32)/t15-,17-,19-,21-,22+/m1/s1. The number of nitrogen functional groups attached to an aromatic ring is 1. The lowest BCUT2D eigenvalue weighted by Crippen LogP contribution is -2.39. The number of halogens is 1. The molecule has 2 aliphatic rings. The Morgan fingerprint density at radius 2 is 1.97 bits per heavy atom. The molecule has 1 aromatic carbocycles. The number of nitrogens with one attached hydrogen (secondary N) is 1. The summed E-state index contributed by atoms with van der Waals surface area (Å²) < 4.78 is 1.93. The van der Waals surface area contributed by atoms with Gasteiger partial charge in [-0.15, -0.1) is 11.3 Å². The quantitative estimate of drug-likeness (QED) is 0.294. The summed E-state index contributed by atoms with van der Waals surface area (Å²) in [6.07, 6.45) is 3.75. The second-order valence-corrected chi connectivity index (χ2v) is 11.1. The molecule has 2 fully saturated rings. The van der Waals surface area contributed by atoms with Crippen molar-refractivity contribution >= 4 is 39.8 Å². The van der Waals surface area contributed by atoms with Crippen molar-refractivity contribution in [3.63, 3.8) is 0 Å². The first-order valence-electron chi connectivity index (χ1n) is 12.4. The third kappa shape index (κ3) is 4.29. The van der Waals surface area contributed by atoms with Crippen molar-refractivity contribution < 1.29 is 10.2 Å². The Hall–Kier alpha value is -2.56. The van der Waals surface area contributed by atoms with Crippen LogP contribution in [0.15, 0.2) is 41.9 Å². The minimum Gasteiger partial charge on any atom is -0.390 e. The number of nitrogens with zero attached hydrogens (tertiary/aromatic N) is 4. The van der Waals surface area contributed by atoms with Gasteiger partial charge in [0, 0.05) is 23.6 Å². The molecule has 0 amide bonds. The van der Waals surface area contributed by atoms with Gasteiger partial charge in [-0.3, -0.25) is 0 Å². The Morgan fingerprint density at radius 1 is 1.14 bits per heavy atom. The Labute approximate surface area is 218 Å². The van der Waals surface area contributed by atoms with Crippen LogP contribution in [-0.2, 0) is 6.42 Å². The number of hydrogen-bond donors (Lipinski definition) is 4. The van der Waals surface area contributed by atoms with Crippen LogP contribution in [0.1, 0.15) is 36.6 Å². The van der Waals surface area contributed by atoms with E-state index in [1.165, 1.54) is 5.56 Å². The van der Waals surface area contributed by atoms with Gasteiger partial charge in [-0.25, -0.2) is 9.97 Å². The van der Waals surface area contributed by atoms with E-state index in [0.717, 1.165) is 48.6 Å². The van der Waals surface area contributed by atoms with E-state index in [2.05, 4.69) is 32.8 Å². The molecule has 8 nitrogen and oxygen atoms in total. The van der Waals surface area contributed by atoms with Gasteiger partial charge in [-0.2, -0.15) is 4.98 Å². The van der Waals surface area contributed by atoms with Crippen molar-refractivity contribution in [1.29, 1.82) is 0 Å². The number of thiazole rings is 1. The fourth-order valence-electron chi connectivity index (χ4n) is 5.91. The maximum absolute atomic E-state index is 11.1. The molecule has 3 aromatic heterocycles. The smallest absolute Gasteiger partial charge is 0.226 e. The monoisotopic (exact) mass is 524 g/mol. The van der Waals surface area contributed by atoms with Gasteiger partial charge in [0.25, 0.3) is 0 Å². The zero-order valence-electron chi connectivity index (χ0n) is 19.7. The van der Waals surface area contributed by atoms with E-state index in [-0.39, 0.29) is 23.1 Å². The second-order valence-electron chi connectivity index (χ2n) is 9.89. The summed E-state index contributed by atoms with van der Waals surface area (Å²) in [6, 6.07) is 9.87. The number of aliphatic hydroxyl groups excluding tert-OH is 2. The minimum atomic E-state index is -0.916. The molecule has 1 aliphatic heterocycles. The van der Waals surface area contributed by atoms with Gasteiger partial charge in [0.1, 0.15) is 22.6 Å². The normalized spacial score (nSPS) is 26.6. The third-order valence-electron chi connectivity index (χ3n) is 7.68. The van der Waals surface area contributed by atoms with E-state index in [0.29, 0.717) is 23.4 Å². The molecule has 4 aromatic rings. The van der Waals surface area contributed by atoms with Crippen molar-refractivity contribution in [3.8, 4) is 10.6 Å². The molecular weight excluding hydrogens is 496 g/mol. The summed E-state index contributed by atoms with van der Waals surface area (Å²) >= 11 is 7.76. The molecular formula is C26H29ClN6O2S. The molecule has 0 spiro atoms. The Bertz CT molecular complexity index is 1370. The van der Waals surface area contributed by atoms with E-state index < -0.39 is 12.2 Å². The van der Waals surface area contributed by atoms with Crippen molar-refractivity contribution in [3.05, 3.63) is 58.4 Å². The van der Waals surface area contributed by atoms with Crippen LogP contribution in [0.25, 0.3) is 21.6 Å². The van der Waals surface area contributed by atoms with Gasteiger partial charge in [-0.1, -0.05) is 30.3 Å². The topological polar surface area (TPSA) is 122 Å². The Morgan fingerprint density at radius 3 is 2.75 bits per heavy atom. The zero-order valence-corrected chi connectivity index (χ0v) is 21.3. The van der Waals surface area contributed by atoms with Gasteiger partial charge in [-0.05, 0) is 61.4 Å². The highest BCUT2D eigenvalue weighted by Crippen LogP contribution is 2.45. The maximum Gasteiger partial charge on any atom is 0.226 e. The van der Waals surface area contributed by atoms with Gasteiger partial charge in [0.15, 0.2) is 0 Å². The van der Waals surface area contributed by atoms with Crippen LogP contribution in [0.4, 0.5) is 5.82 Å². The molecule has 4 heterocycles. The summed E-state index contributed by atoms with van der Waals surface area (Å²) in [6.45, 7) is 1.87. The molecule has 1 saturated carbocycles. The number of aromatic nitrogens is 4. The van der Waals surface area contributed by atoms with E-state index in [4.69, 9.17) is 22.3 Å². The van der Waals surface area contributed by atoms with Crippen LogP contribution in [-0.4, -0.2) is 55.0 Å². The summed E-state index contributed by atoms with van der Waals surface area (Å²) in [7, 11) is 0. The van der Waals surface area contributed by atoms with E-state index in [1.807, 2.05) is 29.0 Å². The lowest BCUT2D eigenvalue weighted by Gasteiger charge is -2.30. The summed E-state index contributed by atoms with van der Waals surface area (Å²) in [4.78, 5) is 13.6. The fraction of sp³-hybridized carbons (Fsp3) is 0.423. The highest BCUT2D eigenvalue weighted by Gasteiger charge is 2.46. The maximum atomic E-state index is 11.1. The summed E-state index contributed by atoms with van der Waals surface area (Å²) in [5, 5.41) is 29.2. The molecule has 0 bridgehead atoms. The molecule has 1 saturated heterocycles. The highest BCUT2D eigenvalue weighted by atomic mass is 35.5. The third-order valence-corrected chi connectivity index (χ3v) is 8.77. The van der Waals surface area contributed by atoms with Gasteiger partial charge < -0.3 is 25.8 Å². The van der Waals surface area contributed by atoms with Crippen LogP contribution < -0.4 is 11.1 Å². The van der Waals surface area contributed by atoms with Crippen molar-refractivity contribution in [2.75, 3.05) is 18.8 Å². The molecule has 36 heavy (non-hydrogen) atoms. The van der Waals surface area contributed by atoms with Crippen LogP contribution >= 0.6 is 22.9 Å². The average Bonchev–Trinajstić information content (AvgIpc) is 3.57. The molecule has 188 valence electrons. The molecule has 0 radical (unpaired) electrons. The van der Waals surface area contributed by atoms with Gasteiger partial charge >= 0.3 is 0 Å². The second kappa shape index (κ2) is 9.72. The number of rotatable bonds is 5. The lowest BCUT2D eigenvalue weighted by molar-refractivity contribution is -0.00692. The van der Waals surface area contributed by atoms with Crippen LogP contribution in [0.2, 0.25) is 5.28 Å². The molecule has 10 heteroatoms. The first-order valence-corrected chi connectivity index (χ1v) is 13.6. The van der Waals surface area contributed by atoms with Crippen LogP contribution in [0.3, 0.4) is 0 Å². The van der Waals surface area contributed by atoms with E-state index in [1.54, 1.807) is 11.3 Å². The summed E-state index contributed by atoms with van der Waals surface area (Å²) in [5.74, 6) is 0.614. The zero-order chi connectivity index (χ0) is 24.8. The first-order chi connectivity index (χ1) is 17.5. The molecule has 1 aliphatic carbocycles. The number of fused-ring (bicyclic) bond motifs is 1. The largest absolute Gasteiger partial charge is 0.390 e. The first kappa shape index (κ1) is 23.8. The number of aliphatic hydroxyl groups is 2. The van der Waals surface area contributed by atoms with Crippen molar-refractivity contribution in [2.24, 2.45) is 11.8 Å². The number of hydrogen-bond acceptors (Lipinski definition) is 8. The molecule has 6 rings (SSSR count). The molecule has 5 atom stereocenters. The van der Waals surface area contributed by atoms with Gasteiger partial charge in [0.05, 0.1) is 23.2 Å². The van der Waals surface area contributed by atoms with Crippen LogP contribution in [0, 0.1) is 11.8 Å². The predicted molar refractivity (Wildman–Crippen MR) is 142 cm³/mol. The Balaban J connectivity index is 1.38. The van der Waals surface area contributed by atoms with E-state index in [9.17, 15) is 10.2 Å². The fourth-order valence-corrected chi connectivity index (χ4v) is 6.92. The SMILES string of the molecule is Nc1nc(Cl)nc2c1c(-c1nc(Cc3ccccc3)cs1)cn2[C@@H]1C[C@H]([C@@H]2CCCNC2)[C@@H](O)[C@H]1O. The van der Waals surface area contributed by atoms with Crippen molar-refractivity contribution in [1.82, 2.24) is 24.8 Å². The van der Waals surface area contributed by atoms with Crippen LogP contribution in [0.5, 0.6) is 0 Å². The highest BCUT2D eigenvalue weighted by molar-refractivity contribution is 7.13. The number of anilines is 1. The average molecular weight is 525 g/mol. The minimum absolute atomic E-state index is 0.00527. The molecule has 5 N–H and O–H groups in total. The van der Waals surface area contributed by atoms with E-state index >= 15 is 0 Å². The number of benzene rings is 1. The molecule has 0 unspecified atom stereocenters. The van der Waals surface area contributed by atoms with Gasteiger partial charge in [0.2, 0.25) is 5.28 Å². The number of nitrogens with two attached hydrogens (primary N) is 1.